The predicted molar refractivity (Wildman–Crippen MR) is 86.6 cm³/mol. The predicted octanol–water partition coefficient (Wildman–Crippen LogP) is 2.80. The van der Waals surface area contributed by atoms with Crippen molar-refractivity contribution in [3.63, 3.8) is 0 Å². The lowest BCUT2D eigenvalue weighted by molar-refractivity contribution is 0.0951. The van der Waals surface area contributed by atoms with E-state index in [0.29, 0.717) is 17.9 Å². The molecule has 1 N–H and O–H groups in total. The van der Waals surface area contributed by atoms with Crippen molar-refractivity contribution in [2.24, 2.45) is 0 Å². The summed E-state index contributed by atoms with van der Waals surface area (Å²) in [6.45, 7) is 2.54. The van der Waals surface area contributed by atoms with Gasteiger partial charge >= 0.3 is 0 Å². The van der Waals surface area contributed by atoms with Crippen molar-refractivity contribution in [2.45, 2.75) is 19.2 Å². The van der Waals surface area contributed by atoms with Crippen molar-refractivity contribution < 1.29 is 9.00 Å². The van der Waals surface area contributed by atoms with Crippen molar-refractivity contribution in [3.8, 4) is 0 Å². The summed E-state index contributed by atoms with van der Waals surface area (Å²) in [5.74, 6) is 0.362. The minimum Gasteiger partial charge on any atom is -0.348 e. The first kappa shape index (κ1) is 15.4. The molecule has 0 saturated heterocycles. The highest BCUT2D eigenvalue weighted by Crippen LogP contribution is 2.09. The Balaban J connectivity index is 2.03. The van der Waals surface area contributed by atoms with E-state index < -0.39 is 10.8 Å². The lowest BCUT2D eigenvalue weighted by atomic mass is 10.1. The van der Waals surface area contributed by atoms with Gasteiger partial charge in [0.25, 0.3) is 5.91 Å². The lowest BCUT2D eigenvalue weighted by Gasteiger charge is -2.08. The first-order chi connectivity index (χ1) is 10.1. The number of nitrogens with one attached hydrogen (secondary N) is 1. The molecule has 4 heteroatoms. The number of carbonyl (C=O) groups is 1. The highest BCUT2D eigenvalue weighted by molar-refractivity contribution is 7.83. The minimum absolute atomic E-state index is 0.109. The molecule has 21 heavy (non-hydrogen) atoms. The van der Waals surface area contributed by atoms with Crippen LogP contribution in [0.5, 0.6) is 0 Å². The summed E-state index contributed by atoms with van der Waals surface area (Å²) >= 11 is 0. The molecule has 0 aliphatic rings. The summed E-state index contributed by atoms with van der Waals surface area (Å²) in [6.07, 6.45) is 1.66. The van der Waals surface area contributed by atoms with E-state index in [0.717, 1.165) is 16.7 Å². The topological polar surface area (TPSA) is 46.2 Å². The van der Waals surface area contributed by atoms with Crippen LogP contribution in [0.1, 0.15) is 27.0 Å². The van der Waals surface area contributed by atoms with E-state index in [9.17, 15) is 9.00 Å². The van der Waals surface area contributed by atoms with E-state index in [4.69, 9.17) is 0 Å². The number of benzene rings is 2. The first-order valence-electron chi connectivity index (χ1n) is 6.78. The molecule has 110 valence electrons. The second kappa shape index (κ2) is 7.18. The van der Waals surface area contributed by atoms with Crippen LogP contribution < -0.4 is 5.32 Å². The van der Waals surface area contributed by atoms with Gasteiger partial charge in [-0.05, 0) is 35.7 Å². The van der Waals surface area contributed by atoms with Crippen molar-refractivity contribution in [3.05, 3.63) is 70.8 Å². The Morgan fingerprint density at radius 2 is 1.90 bits per heavy atom. The van der Waals surface area contributed by atoms with E-state index in [1.807, 2.05) is 43.3 Å². The molecule has 0 unspecified atom stereocenters. The van der Waals surface area contributed by atoms with Gasteiger partial charge in [-0.1, -0.05) is 36.4 Å². The Morgan fingerprint density at radius 1 is 1.14 bits per heavy atom. The molecule has 0 heterocycles. The second-order valence-electron chi connectivity index (χ2n) is 5.03. The average molecular weight is 301 g/mol. The Hall–Kier alpha value is -1.94. The maximum atomic E-state index is 12.2. The number of amides is 1. The van der Waals surface area contributed by atoms with E-state index in [1.54, 1.807) is 18.4 Å². The Kier molecular flexibility index (Phi) is 5.28. The van der Waals surface area contributed by atoms with Crippen LogP contribution in [-0.2, 0) is 23.1 Å². The van der Waals surface area contributed by atoms with Gasteiger partial charge in [0.1, 0.15) is 0 Å². The Morgan fingerprint density at radius 3 is 2.62 bits per heavy atom. The monoisotopic (exact) mass is 301 g/mol. The quantitative estimate of drug-likeness (QED) is 0.923. The number of hydrogen-bond donors (Lipinski definition) is 1. The van der Waals surface area contributed by atoms with Gasteiger partial charge in [-0.3, -0.25) is 9.00 Å². The van der Waals surface area contributed by atoms with Gasteiger partial charge in [-0.2, -0.15) is 0 Å². The maximum absolute atomic E-state index is 12.2. The molecule has 0 aliphatic heterocycles. The van der Waals surface area contributed by atoms with Crippen molar-refractivity contribution in [1.82, 2.24) is 5.32 Å². The van der Waals surface area contributed by atoms with Gasteiger partial charge in [-0.15, -0.1) is 0 Å². The van der Waals surface area contributed by atoms with Gasteiger partial charge in [0.2, 0.25) is 0 Å². The summed E-state index contributed by atoms with van der Waals surface area (Å²) in [5, 5.41) is 2.92. The molecule has 2 aromatic carbocycles. The summed E-state index contributed by atoms with van der Waals surface area (Å²) in [5.41, 5.74) is 3.79. The van der Waals surface area contributed by atoms with Crippen LogP contribution in [-0.4, -0.2) is 16.4 Å². The number of hydrogen-bond acceptors (Lipinski definition) is 2. The summed E-state index contributed by atoms with van der Waals surface area (Å²) in [6, 6.07) is 15.3. The van der Waals surface area contributed by atoms with Gasteiger partial charge < -0.3 is 5.32 Å². The van der Waals surface area contributed by atoms with Gasteiger partial charge in [-0.25, -0.2) is 0 Å². The molecule has 1 amide bonds. The van der Waals surface area contributed by atoms with Crippen LogP contribution in [0.3, 0.4) is 0 Å². The molecule has 0 bridgehead atoms. The van der Waals surface area contributed by atoms with E-state index in [-0.39, 0.29) is 5.91 Å². The molecule has 0 aliphatic carbocycles. The zero-order chi connectivity index (χ0) is 15.2. The molecule has 1 atom stereocenters. The normalized spacial score (nSPS) is 11.9. The fraction of sp³-hybridized carbons (Fsp3) is 0.235. The zero-order valence-electron chi connectivity index (χ0n) is 12.3. The lowest BCUT2D eigenvalue weighted by Crippen LogP contribution is -2.23. The molecular formula is C17H19NO2S. The van der Waals surface area contributed by atoms with Crippen molar-refractivity contribution in [2.75, 3.05) is 6.26 Å². The van der Waals surface area contributed by atoms with Gasteiger partial charge in [0.05, 0.1) is 0 Å². The molecular weight excluding hydrogens is 282 g/mol. The van der Waals surface area contributed by atoms with E-state index in [2.05, 4.69) is 5.32 Å². The molecule has 2 aromatic rings. The van der Waals surface area contributed by atoms with Crippen LogP contribution in [0.4, 0.5) is 0 Å². The Bertz CT molecular complexity index is 667. The molecule has 2 rings (SSSR count). The van der Waals surface area contributed by atoms with Gasteiger partial charge in [0.15, 0.2) is 0 Å². The van der Waals surface area contributed by atoms with Crippen molar-refractivity contribution in [1.29, 1.82) is 0 Å². The smallest absolute Gasteiger partial charge is 0.251 e. The number of carbonyl (C=O) groups excluding carboxylic acids is 1. The van der Waals surface area contributed by atoms with Crippen LogP contribution in [0.25, 0.3) is 0 Å². The molecule has 0 spiro atoms. The first-order valence-corrected chi connectivity index (χ1v) is 8.50. The van der Waals surface area contributed by atoms with E-state index >= 15 is 0 Å². The molecule has 3 nitrogen and oxygen atoms in total. The third-order valence-electron chi connectivity index (χ3n) is 3.26. The SMILES string of the molecule is Cc1ccccc1CNC(=O)c1cccc(C[S@](C)=O)c1. The van der Waals surface area contributed by atoms with Crippen LogP contribution in [0.15, 0.2) is 48.5 Å². The fourth-order valence-electron chi connectivity index (χ4n) is 2.12. The fourth-order valence-corrected chi connectivity index (χ4v) is 2.77. The van der Waals surface area contributed by atoms with Crippen LogP contribution in [0, 0.1) is 6.92 Å². The highest BCUT2D eigenvalue weighted by Gasteiger charge is 2.07. The Labute approximate surface area is 127 Å². The molecule has 0 radical (unpaired) electrons. The summed E-state index contributed by atoms with van der Waals surface area (Å²) < 4.78 is 11.3. The van der Waals surface area contributed by atoms with Crippen LogP contribution in [0.2, 0.25) is 0 Å². The van der Waals surface area contributed by atoms with Crippen molar-refractivity contribution >= 4 is 16.7 Å². The maximum Gasteiger partial charge on any atom is 0.251 e. The second-order valence-corrected chi connectivity index (χ2v) is 6.46. The van der Waals surface area contributed by atoms with E-state index in [1.165, 1.54) is 0 Å². The zero-order valence-corrected chi connectivity index (χ0v) is 13.1. The molecule has 0 saturated carbocycles. The van der Waals surface area contributed by atoms with Gasteiger partial charge in [0, 0.05) is 34.9 Å². The molecule has 0 aromatic heterocycles. The summed E-state index contributed by atoms with van der Waals surface area (Å²) in [7, 11) is -0.906. The summed E-state index contributed by atoms with van der Waals surface area (Å²) in [4.78, 5) is 12.2. The minimum atomic E-state index is -0.906. The largest absolute Gasteiger partial charge is 0.348 e. The third-order valence-corrected chi connectivity index (χ3v) is 4.00. The molecule has 0 fully saturated rings. The van der Waals surface area contributed by atoms with Crippen LogP contribution >= 0.6 is 0 Å². The average Bonchev–Trinajstić information content (AvgIpc) is 2.45. The highest BCUT2D eigenvalue weighted by atomic mass is 32.2. The number of aryl methyl sites for hydroxylation is 1. The standard InChI is InChI=1S/C17H19NO2S/c1-13-6-3-4-8-16(13)11-18-17(19)15-9-5-7-14(10-15)12-21(2)20/h3-10H,11-12H2,1-2H3,(H,18,19)/t21-/m0/s1. The number of rotatable bonds is 5. The third kappa shape index (κ3) is 4.53.